The summed E-state index contributed by atoms with van der Waals surface area (Å²) in [6.45, 7) is 0.440. The number of aromatic carboxylic acids is 1. The highest BCUT2D eigenvalue weighted by atomic mass is 16.4. The highest BCUT2D eigenvalue weighted by Crippen LogP contribution is 2.12. The lowest BCUT2D eigenvalue weighted by molar-refractivity contribution is 0.0660. The second kappa shape index (κ2) is 6.27. The van der Waals surface area contributed by atoms with Crippen LogP contribution in [-0.2, 0) is 13.0 Å². The monoisotopic (exact) mass is 311 g/mol. The minimum Gasteiger partial charge on any atom is -0.475 e. The highest BCUT2D eigenvalue weighted by Gasteiger charge is 2.10. The molecule has 3 aromatic rings. The molecule has 0 aliphatic rings. The summed E-state index contributed by atoms with van der Waals surface area (Å²) in [7, 11) is 0. The first-order valence-corrected chi connectivity index (χ1v) is 6.89. The lowest BCUT2D eigenvalue weighted by Gasteiger charge is -2.05. The van der Waals surface area contributed by atoms with E-state index >= 15 is 0 Å². The van der Waals surface area contributed by atoms with Crippen LogP contribution in [0.2, 0.25) is 0 Å². The fourth-order valence-electron chi connectivity index (χ4n) is 2.13. The number of carboxylic acid groups (broad SMARTS) is 1. The molecule has 0 spiro atoms. The second-order valence-corrected chi connectivity index (χ2v) is 4.95. The van der Waals surface area contributed by atoms with Crippen LogP contribution in [0.1, 0.15) is 27.6 Å². The summed E-state index contributed by atoms with van der Waals surface area (Å²) in [6, 6.07) is 9.28. The molecule has 23 heavy (non-hydrogen) atoms. The number of oxazole rings is 1. The Bertz CT molecular complexity index is 881. The molecule has 3 rings (SSSR count). The lowest BCUT2D eigenvalue weighted by atomic mass is 10.1. The molecular formula is C16H13N3O4. The molecule has 2 aromatic heterocycles. The van der Waals surface area contributed by atoms with Gasteiger partial charge in [-0.3, -0.25) is 4.57 Å². The highest BCUT2D eigenvalue weighted by molar-refractivity contribution is 5.83. The van der Waals surface area contributed by atoms with Crippen LogP contribution < -0.4 is 5.69 Å². The van der Waals surface area contributed by atoms with Crippen molar-refractivity contribution >= 4 is 5.97 Å². The van der Waals surface area contributed by atoms with E-state index in [-0.39, 0.29) is 11.4 Å². The zero-order valence-electron chi connectivity index (χ0n) is 12.0. The maximum absolute atomic E-state index is 11.6. The molecule has 116 valence electrons. The Morgan fingerprint density at radius 3 is 2.57 bits per heavy atom. The predicted molar refractivity (Wildman–Crippen MR) is 80.3 cm³/mol. The smallest absolute Gasteiger partial charge is 0.373 e. The molecule has 7 nitrogen and oxygen atoms in total. The summed E-state index contributed by atoms with van der Waals surface area (Å²) in [5.41, 5.74) is 1.60. The van der Waals surface area contributed by atoms with Crippen LogP contribution in [0, 0.1) is 0 Å². The molecule has 0 amide bonds. The molecule has 0 bridgehead atoms. The van der Waals surface area contributed by atoms with Gasteiger partial charge in [0.15, 0.2) is 5.89 Å². The Kier molecular flexibility index (Phi) is 4.01. The third-order valence-electron chi connectivity index (χ3n) is 3.28. The number of carbonyl (C=O) groups is 1. The van der Waals surface area contributed by atoms with Gasteiger partial charge in [0.25, 0.3) is 0 Å². The third kappa shape index (κ3) is 3.52. The van der Waals surface area contributed by atoms with E-state index in [0.717, 1.165) is 11.1 Å². The Hall–Kier alpha value is -3.22. The fraction of sp³-hybridized carbons (Fsp3) is 0.125. The van der Waals surface area contributed by atoms with E-state index in [1.54, 1.807) is 12.3 Å². The van der Waals surface area contributed by atoms with Gasteiger partial charge in [0, 0.05) is 18.8 Å². The van der Waals surface area contributed by atoms with Gasteiger partial charge in [-0.2, -0.15) is 0 Å². The Morgan fingerprint density at radius 1 is 1.17 bits per heavy atom. The van der Waals surface area contributed by atoms with Crippen molar-refractivity contribution in [1.29, 1.82) is 0 Å². The largest absolute Gasteiger partial charge is 0.475 e. The van der Waals surface area contributed by atoms with Crippen molar-refractivity contribution in [3.8, 4) is 0 Å². The minimum absolute atomic E-state index is 0.174. The summed E-state index contributed by atoms with van der Waals surface area (Å²) >= 11 is 0. The van der Waals surface area contributed by atoms with Crippen molar-refractivity contribution in [1.82, 2.24) is 14.5 Å². The number of benzene rings is 1. The molecule has 1 aromatic carbocycles. The van der Waals surface area contributed by atoms with Gasteiger partial charge in [-0.05, 0) is 17.2 Å². The number of aromatic nitrogens is 3. The standard InChI is InChI=1S/C16H13N3O4/c20-15(21)13-9-18-14(23-13)8-11-2-4-12(5-3-11)10-19-7-1-6-17-16(19)22/h1-7,9H,8,10H2,(H,20,21). The Balaban J connectivity index is 1.70. The summed E-state index contributed by atoms with van der Waals surface area (Å²) in [4.78, 5) is 30.0. The fourth-order valence-corrected chi connectivity index (χ4v) is 2.13. The van der Waals surface area contributed by atoms with Crippen molar-refractivity contribution in [2.24, 2.45) is 0 Å². The quantitative estimate of drug-likeness (QED) is 0.768. The zero-order valence-corrected chi connectivity index (χ0v) is 12.0. The van der Waals surface area contributed by atoms with Gasteiger partial charge >= 0.3 is 11.7 Å². The predicted octanol–water partition coefficient (Wildman–Crippen LogP) is 1.57. The average molecular weight is 311 g/mol. The Morgan fingerprint density at radius 2 is 1.91 bits per heavy atom. The van der Waals surface area contributed by atoms with Crippen molar-refractivity contribution in [3.63, 3.8) is 0 Å². The molecule has 0 aliphatic heterocycles. The first kappa shape index (κ1) is 14.7. The molecule has 0 atom stereocenters. The van der Waals surface area contributed by atoms with Crippen LogP contribution in [-0.4, -0.2) is 25.6 Å². The van der Waals surface area contributed by atoms with Crippen molar-refractivity contribution in [3.05, 3.63) is 82.2 Å². The molecule has 0 saturated heterocycles. The van der Waals surface area contributed by atoms with E-state index in [9.17, 15) is 9.59 Å². The number of hydrogen-bond donors (Lipinski definition) is 1. The molecular weight excluding hydrogens is 298 g/mol. The topological polar surface area (TPSA) is 98.2 Å². The van der Waals surface area contributed by atoms with Gasteiger partial charge in [0.05, 0.1) is 12.7 Å². The third-order valence-corrected chi connectivity index (χ3v) is 3.28. The van der Waals surface area contributed by atoms with Gasteiger partial charge < -0.3 is 9.52 Å². The van der Waals surface area contributed by atoms with Gasteiger partial charge in [0.2, 0.25) is 5.76 Å². The molecule has 1 N–H and O–H groups in total. The van der Waals surface area contributed by atoms with E-state index in [2.05, 4.69) is 9.97 Å². The molecule has 0 aliphatic carbocycles. The summed E-state index contributed by atoms with van der Waals surface area (Å²) in [5, 5.41) is 8.80. The van der Waals surface area contributed by atoms with Crippen LogP contribution in [0.3, 0.4) is 0 Å². The van der Waals surface area contributed by atoms with Crippen LogP contribution in [0.4, 0.5) is 0 Å². The van der Waals surface area contributed by atoms with Crippen molar-refractivity contribution < 1.29 is 14.3 Å². The lowest BCUT2D eigenvalue weighted by Crippen LogP contribution is -2.21. The van der Waals surface area contributed by atoms with Crippen molar-refractivity contribution in [2.75, 3.05) is 0 Å². The van der Waals surface area contributed by atoms with E-state index in [1.165, 1.54) is 17.0 Å². The maximum atomic E-state index is 11.6. The SMILES string of the molecule is O=C(O)c1cnc(Cc2ccc(Cn3cccnc3=O)cc2)o1. The molecule has 0 fully saturated rings. The van der Waals surface area contributed by atoms with E-state index in [1.807, 2.05) is 24.3 Å². The second-order valence-electron chi connectivity index (χ2n) is 4.95. The van der Waals surface area contributed by atoms with E-state index in [4.69, 9.17) is 9.52 Å². The molecule has 7 heteroatoms. The van der Waals surface area contributed by atoms with Crippen LogP contribution in [0.25, 0.3) is 0 Å². The molecule has 2 heterocycles. The van der Waals surface area contributed by atoms with Crippen molar-refractivity contribution in [2.45, 2.75) is 13.0 Å². The number of hydrogen-bond acceptors (Lipinski definition) is 5. The normalized spacial score (nSPS) is 10.6. The average Bonchev–Trinajstić information content (AvgIpc) is 3.00. The van der Waals surface area contributed by atoms with Crippen LogP contribution in [0.15, 0.2) is 58.1 Å². The molecule has 0 radical (unpaired) electrons. The number of carboxylic acids is 1. The first-order valence-electron chi connectivity index (χ1n) is 6.89. The molecule has 0 unspecified atom stereocenters. The first-order chi connectivity index (χ1) is 11.1. The minimum atomic E-state index is -1.14. The number of nitrogens with zero attached hydrogens (tertiary/aromatic N) is 3. The summed E-state index contributed by atoms with van der Waals surface area (Å²) < 4.78 is 6.64. The van der Waals surface area contributed by atoms with Crippen LogP contribution >= 0.6 is 0 Å². The van der Waals surface area contributed by atoms with Crippen LogP contribution in [0.5, 0.6) is 0 Å². The van der Waals surface area contributed by atoms with Gasteiger partial charge in [-0.25, -0.2) is 19.6 Å². The summed E-state index contributed by atoms with van der Waals surface area (Å²) in [5.74, 6) is -0.966. The summed E-state index contributed by atoms with van der Waals surface area (Å²) in [6.07, 6.45) is 4.74. The van der Waals surface area contributed by atoms with E-state index < -0.39 is 5.97 Å². The molecule has 0 saturated carbocycles. The van der Waals surface area contributed by atoms with Gasteiger partial charge in [-0.1, -0.05) is 24.3 Å². The zero-order chi connectivity index (χ0) is 16.2. The number of rotatable bonds is 5. The maximum Gasteiger partial charge on any atom is 0.373 e. The van der Waals surface area contributed by atoms with E-state index in [0.29, 0.717) is 18.9 Å². The Labute approximate surface area is 130 Å². The van der Waals surface area contributed by atoms with Gasteiger partial charge in [-0.15, -0.1) is 0 Å². The van der Waals surface area contributed by atoms with Gasteiger partial charge in [0.1, 0.15) is 0 Å².